The van der Waals surface area contributed by atoms with Crippen LogP contribution in [0.2, 0.25) is 0 Å². The Balaban J connectivity index is 1.91. The third-order valence-corrected chi connectivity index (χ3v) is 2.19. The Morgan fingerprint density at radius 1 is 1.12 bits per heavy atom. The SMILES string of the molecule is NCCc1ccc(OCc2ncccn2)cn1. The highest BCUT2D eigenvalue weighted by molar-refractivity contribution is 5.20. The Morgan fingerprint density at radius 3 is 2.59 bits per heavy atom. The van der Waals surface area contributed by atoms with E-state index in [9.17, 15) is 0 Å². The second kappa shape index (κ2) is 5.91. The number of ether oxygens (including phenoxy) is 1. The van der Waals surface area contributed by atoms with E-state index in [4.69, 9.17) is 10.5 Å². The van der Waals surface area contributed by atoms with Gasteiger partial charge in [0.05, 0.1) is 6.20 Å². The van der Waals surface area contributed by atoms with Crippen LogP contribution in [-0.2, 0) is 13.0 Å². The van der Waals surface area contributed by atoms with Crippen LogP contribution in [0.1, 0.15) is 11.5 Å². The summed E-state index contributed by atoms with van der Waals surface area (Å²) in [6.45, 7) is 0.948. The molecule has 0 unspecified atom stereocenters. The summed E-state index contributed by atoms with van der Waals surface area (Å²) in [5, 5.41) is 0. The predicted molar refractivity (Wildman–Crippen MR) is 63.4 cm³/mol. The lowest BCUT2D eigenvalue weighted by Gasteiger charge is -2.05. The molecule has 88 valence electrons. The maximum Gasteiger partial charge on any atom is 0.166 e. The third-order valence-electron chi connectivity index (χ3n) is 2.19. The molecule has 0 saturated heterocycles. The first-order valence-corrected chi connectivity index (χ1v) is 5.42. The van der Waals surface area contributed by atoms with Crippen LogP contribution in [0, 0.1) is 0 Å². The van der Waals surface area contributed by atoms with Gasteiger partial charge >= 0.3 is 0 Å². The van der Waals surface area contributed by atoms with Gasteiger partial charge < -0.3 is 10.5 Å². The summed E-state index contributed by atoms with van der Waals surface area (Å²) in [7, 11) is 0. The van der Waals surface area contributed by atoms with Crippen molar-refractivity contribution in [3.63, 3.8) is 0 Å². The van der Waals surface area contributed by atoms with Crippen LogP contribution in [0.5, 0.6) is 5.75 Å². The third kappa shape index (κ3) is 3.49. The van der Waals surface area contributed by atoms with Gasteiger partial charge in [0.1, 0.15) is 12.4 Å². The number of hydrogen-bond donors (Lipinski definition) is 1. The molecule has 2 N–H and O–H groups in total. The standard InChI is InChI=1S/C12H14N4O/c13-5-4-10-2-3-11(8-16-10)17-9-12-14-6-1-7-15-12/h1-3,6-8H,4-5,9,13H2. The topological polar surface area (TPSA) is 73.9 Å². The maximum absolute atomic E-state index is 5.51. The highest BCUT2D eigenvalue weighted by Gasteiger charge is 1.98. The minimum atomic E-state index is 0.346. The van der Waals surface area contributed by atoms with E-state index in [2.05, 4.69) is 15.0 Å². The molecule has 5 heteroatoms. The molecule has 2 aromatic rings. The van der Waals surface area contributed by atoms with E-state index in [-0.39, 0.29) is 0 Å². The van der Waals surface area contributed by atoms with E-state index in [0.717, 1.165) is 12.1 Å². The predicted octanol–water partition coefficient (Wildman–Crippen LogP) is 0.952. The number of nitrogens with two attached hydrogens (primary N) is 1. The molecular weight excluding hydrogens is 216 g/mol. The second-order valence-electron chi connectivity index (χ2n) is 3.48. The first-order valence-electron chi connectivity index (χ1n) is 5.42. The Labute approximate surface area is 99.7 Å². The highest BCUT2D eigenvalue weighted by Crippen LogP contribution is 2.10. The van der Waals surface area contributed by atoms with Crippen LogP contribution < -0.4 is 10.5 Å². The Hall–Kier alpha value is -2.01. The molecule has 0 aliphatic heterocycles. The van der Waals surface area contributed by atoms with Gasteiger partial charge in [-0.15, -0.1) is 0 Å². The van der Waals surface area contributed by atoms with Crippen molar-refractivity contribution in [3.05, 3.63) is 48.3 Å². The van der Waals surface area contributed by atoms with Crippen molar-refractivity contribution in [2.45, 2.75) is 13.0 Å². The van der Waals surface area contributed by atoms with Crippen LogP contribution in [0.25, 0.3) is 0 Å². The van der Waals surface area contributed by atoms with Crippen molar-refractivity contribution in [3.8, 4) is 5.75 Å². The molecule has 5 nitrogen and oxygen atoms in total. The van der Waals surface area contributed by atoms with Gasteiger partial charge in [-0.25, -0.2) is 9.97 Å². The molecule has 2 heterocycles. The fraction of sp³-hybridized carbons (Fsp3) is 0.250. The lowest BCUT2D eigenvalue weighted by molar-refractivity contribution is 0.294. The van der Waals surface area contributed by atoms with Crippen LogP contribution >= 0.6 is 0 Å². The molecular formula is C12H14N4O. The summed E-state index contributed by atoms with van der Waals surface area (Å²) >= 11 is 0. The normalized spacial score (nSPS) is 10.2. The van der Waals surface area contributed by atoms with Crippen molar-refractivity contribution in [1.82, 2.24) is 15.0 Å². The number of hydrogen-bond acceptors (Lipinski definition) is 5. The largest absolute Gasteiger partial charge is 0.484 e. The van der Waals surface area contributed by atoms with Gasteiger partial charge in [0.15, 0.2) is 5.82 Å². The van der Waals surface area contributed by atoms with Crippen molar-refractivity contribution in [2.24, 2.45) is 5.73 Å². The fourth-order valence-corrected chi connectivity index (χ4v) is 1.34. The summed E-state index contributed by atoms with van der Waals surface area (Å²) in [5.74, 6) is 1.36. The molecule has 0 fully saturated rings. The number of nitrogens with zero attached hydrogens (tertiary/aromatic N) is 3. The number of pyridine rings is 1. The van der Waals surface area contributed by atoms with E-state index in [0.29, 0.717) is 24.7 Å². The van der Waals surface area contributed by atoms with Crippen LogP contribution in [0.3, 0.4) is 0 Å². The molecule has 0 radical (unpaired) electrons. The van der Waals surface area contributed by atoms with Crippen LogP contribution in [0.15, 0.2) is 36.8 Å². The Kier molecular flexibility index (Phi) is 3.99. The number of aromatic nitrogens is 3. The van der Waals surface area contributed by atoms with Gasteiger partial charge in [0, 0.05) is 24.5 Å². The molecule has 0 aromatic carbocycles. The molecule has 17 heavy (non-hydrogen) atoms. The van der Waals surface area contributed by atoms with Gasteiger partial charge in [0.25, 0.3) is 0 Å². The molecule has 0 aliphatic carbocycles. The van der Waals surface area contributed by atoms with E-state index in [1.54, 1.807) is 24.7 Å². The Bertz CT molecular complexity index is 444. The molecule has 0 bridgehead atoms. The van der Waals surface area contributed by atoms with Gasteiger partial charge in [0.2, 0.25) is 0 Å². The lowest BCUT2D eigenvalue weighted by atomic mass is 10.3. The van der Waals surface area contributed by atoms with Gasteiger partial charge in [-0.05, 0) is 24.7 Å². The Morgan fingerprint density at radius 2 is 1.94 bits per heavy atom. The monoisotopic (exact) mass is 230 g/mol. The van der Waals surface area contributed by atoms with Crippen LogP contribution in [-0.4, -0.2) is 21.5 Å². The van der Waals surface area contributed by atoms with E-state index in [1.807, 2.05) is 12.1 Å². The van der Waals surface area contributed by atoms with Gasteiger partial charge in [-0.3, -0.25) is 4.98 Å². The average molecular weight is 230 g/mol. The maximum atomic E-state index is 5.51. The van der Waals surface area contributed by atoms with Gasteiger partial charge in [-0.2, -0.15) is 0 Å². The van der Waals surface area contributed by atoms with Gasteiger partial charge in [-0.1, -0.05) is 0 Å². The van der Waals surface area contributed by atoms with E-state index in [1.165, 1.54) is 0 Å². The van der Waals surface area contributed by atoms with E-state index < -0.39 is 0 Å². The van der Waals surface area contributed by atoms with Crippen molar-refractivity contribution >= 4 is 0 Å². The van der Waals surface area contributed by atoms with Crippen molar-refractivity contribution in [1.29, 1.82) is 0 Å². The summed E-state index contributed by atoms with van der Waals surface area (Å²) in [6, 6.07) is 5.56. The first kappa shape index (κ1) is 11.5. The molecule has 0 atom stereocenters. The summed E-state index contributed by atoms with van der Waals surface area (Å²) in [5.41, 5.74) is 6.41. The zero-order valence-electron chi connectivity index (χ0n) is 9.41. The molecule has 0 aliphatic rings. The summed E-state index contributed by atoms with van der Waals surface area (Å²) in [6.07, 6.45) is 5.85. The zero-order valence-corrected chi connectivity index (χ0v) is 9.41. The number of rotatable bonds is 5. The van der Waals surface area contributed by atoms with Crippen molar-refractivity contribution in [2.75, 3.05) is 6.54 Å². The quantitative estimate of drug-likeness (QED) is 0.827. The van der Waals surface area contributed by atoms with Crippen molar-refractivity contribution < 1.29 is 4.74 Å². The molecule has 2 rings (SSSR count). The second-order valence-corrected chi connectivity index (χ2v) is 3.48. The average Bonchev–Trinajstić information content (AvgIpc) is 2.40. The van der Waals surface area contributed by atoms with Crippen LogP contribution in [0.4, 0.5) is 0 Å². The molecule has 0 amide bonds. The first-order chi connectivity index (χ1) is 8.38. The summed E-state index contributed by atoms with van der Waals surface area (Å²) < 4.78 is 5.51. The van der Waals surface area contributed by atoms with E-state index >= 15 is 0 Å². The fourth-order valence-electron chi connectivity index (χ4n) is 1.34. The minimum Gasteiger partial charge on any atom is -0.484 e. The smallest absolute Gasteiger partial charge is 0.166 e. The lowest BCUT2D eigenvalue weighted by Crippen LogP contribution is -2.04. The molecule has 0 spiro atoms. The minimum absolute atomic E-state index is 0.346. The zero-order chi connectivity index (χ0) is 11.9. The molecule has 0 saturated carbocycles. The summed E-state index contributed by atoms with van der Waals surface area (Å²) in [4.78, 5) is 12.4. The molecule has 2 aromatic heterocycles. The highest BCUT2D eigenvalue weighted by atomic mass is 16.5.